The summed E-state index contributed by atoms with van der Waals surface area (Å²) in [5.41, 5.74) is 1.61. The lowest BCUT2D eigenvalue weighted by Crippen LogP contribution is -2.43. The van der Waals surface area contributed by atoms with Crippen molar-refractivity contribution in [1.82, 2.24) is 9.80 Å². The maximum Gasteiger partial charge on any atom is 0.253 e. The average molecular weight is 426 g/mol. The number of nitrogens with one attached hydrogen (secondary N) is 1. The Morgan fingerprint density at radius 3 is 2.23 bits per heavy atom. The second-order valence-corrected chi connectivity index (χ2v) is 7.64. The van der Waals surface area contributed by atoms with Gasteiger partial charge in [0.2, 0.25) is 5.91 Å². The van der Waals surface area contributed by atoms with Gasteiger partial charge in [0.1, 0.15) is 5.82 Å². The first kappa shape index (κ1) is 22.5. The molecule has 0 radical (unpaired) electrons. The fraction of sp³-hybridized carbons (Fsp3) is 0.375. The Bertz CT molecular complexity index is 924. The number of carbonyl (C=O) groups is 3. The van der Waals surface area contributed by atoms with Crippen LogP contribution in [-0.4, -0.2) is 53.7 Å². The van der Waals surface area contributed by atoms with E-state index in [9.17, 15) is 18.8 Å². The van der Waals surface area contributed by atoms with Gasteiger partial charge in [0.25, 0.3) is 11.8 Å². The van der Waals surface area contributed by atoms with Crippen LogP contribution in [0.4, 0.5) is 10.1 Å². The van der Waals surface area contributed by atoms with Gasteiger partial charge in [-0.3, -0.25) is 14.4 Å². The topological polar surface area (TPSA) is 69.7 Å². The Morgan fingerprint density at radius 2 is 1.61 bits per heavy atom. The number of piperidine rings is 1. The van der Waals surface area contributed by atoms with E-state index in [1.807, 2.05) is 13.8 Å². The first-order valence-corrected chi connectivity index (χ1v) is 10.7. The third kappa shape index (κ3) is 5.48. The highest BCUT2D eigenvalue weighted by Crippen LogP contribution is 2.21. The van der Waals surface area contributed by atoms with Gasteiger partial charge < -0.3 is 15.1 Å². The minimum absolute atomic E-state index is 0.0369. The van der Waals surface area contributed by atoms with Crippen LogP contribution in [0.5, 0.6) is 0 Å². The number of likely N-dealkylation sites (tertiary alicyclic amines) is 1. The summed E-state index contributed by atoms with van der Waals surface area (Å²) in [6.45, 7) is 6.04. The summed E-state index contributed by atoms with van der Waals surface area (Å²) in [6.07, 6.45) is 1.42. The number of halogens is 1. The summed E-state index contributed by atoms with van der Waals surface area (Å²) in [7, 11) is 0. The van der Waals surface area contributed by atoms with E-state index < -0.39 is 5.82 Å². The van der Waals surface area contributed by atoms with Gasteiger partial charge in [0, 0.05) is 43.0 Å². The van der Waals surface area contributed by atoms with Crippen molar-refractivity contribution in [2.75, 3.05) is 31.5 Å². The molecule has 0 saturated carbocycles. The molecule has 0 bridgehead atoms. The normalized spacial score (nSPS) is 16.0. The van der Waals surface area contributed by atoms with Crippen molar-refractivity contribution in [1.29, 1.82) is 0 Å². The maximum atomic E-state index is 13.1. The minimum atomic E-state index is -0.391. The van der Waals surface area contributed by atoms with Crippen LogP contribution < -0.4 is 5.32 Å². The van der Waals surface area contributed by atoms with Crippen LogP contribution in [0.3, 0.4) is 0 Å². The Balaban J connectivity index is 1.60. The quantitative estimate of drug-likeness (QED) is 0.765. The molecule has 1 aliphatic heterocycles. The van der Waals surface area contributed by atoms with E-state index in [-0.39, 0.29) is 23.6 Å². The third-order valence-electron chi connectivity index (χ3n) is 5.62. The van der Waals surface area contributed by atoms with E-state index in [2.05, 4.69) is 5.32 Å². The smallest absolute Gasteiger partial charge is 0.253 e. The number of amides is 3. The minimum Gasteiger partial charge on any atom is -0.339 e. The van der Waals surface area contributed by atoms with E-state index >= 15 is 0 Å². The molecule has 1 heterocycles. The van der Waals surface area contributed by atoms with Gasteiger partial charge in [-0.1, -0.05) is 0 Å². The maximum absolute atomic E-state index is 13.1. The predicted molar refractivity (Wildman–Crippen MR) is 117 cm³/mol. The van der Waals surface area contributed by atoms with Gasteiger partial charge in [-0.25, -0.2) is 4.39 Å². The highest BCUT2D eigenvalue weighted by molar-refractivity contribution is 5.97. The average Bonchev–Trinajstić information content (AvgIpc) is 2.80. The van der Waals surface area contributed by atoms with Crippen LogP contribution >= 0.6 is 0 Å². The molecule has 0 spiro atoms. The number of nitrogens with zero attached hydrogens (tertiary/aromatic N) is 2. The van der Waals surface area contributed by atoms with Gasteiger partial charge in [-0.05, 0) is 75.2 Å². The van der Waals surface area contributed by atoms with Gasteiger partial charge in [-0.2, -0.15) is 0 Å². The fourth-order valence-electron chi connectivity index (χ4n) is 3.78. The Labute approximate surface area is 182 Å². The summed E-state index contributed by atoms with van der Waals surface area (Å²) in [5.74, 6) is -1.10. The molecule has 3 rings (SSSR count). The van der Waals surface area contributed by atoms with E-state index in [0.29, 0.717) is 49.4 Å². The van der Waals surface area contributed by atoms with Gasteiger partial charge in [0.05, 0.1) is 5.92 Å². The first-order valence-electron chi connectivity index (χ1n) is 10.7. The number of rotatable bonds is 6. The van der Waals surface area contributed by atoms with Crippen LogP contribution in [-0.2, 0) is 4.79 Å². The van der Waals surface area contributed by atoms with Crippen molar-refractivity contribution < 1.29 is 18.8 Å². The van der Waals surface area contributed by atoms with Crippen LogP contribution in [0, 0.1) is 11.7 Å². The molecule has 164 valence electrons. The second-order valence-electron chi connectivity index (χ2n) is 7.64. The number of benzene rings is 2. The number of anilines is 1. The second kappa shape index (κ2) is 10.2. The lowest BCUT2D eigenvalue weighted by molar-refractivity contribution is -0.121. The lowest BCUT2D eigenvalue weighted by Gasteiger charge is -2.32. The Kier molecular flexibility index (Phi) is 7.39. The molecule has 1 unspecified atom stereocenters. The largest absolute Gasteiger partial charge is 0.339 e. The monoisotopic (exact) mass is 425 g/mol. The molecular formula is C24H28FN3O3. The summed E-state index contributed by atoms with van der Waals surface area (Å²) in [4.78, 5) is 41.2. The molecule has 1 fully saturated rings. The highest BCUT2D eigenvalue weighted by Gasteiger charge is 2.29. The van der Waals surface area contributed by atoms with Crippen molar-refractivity contribution in [3.8, 4) is 0 Å². The molecule has 2 aromatic rings. The lowest BCUT2D eigenvalue weighted by atomic mass is 9.96. The Hall–Kier alpha value is -3.22. The number of hydrogen-bond acceptors (Lipinski definition) is 3. The van der Waals surface area contributed by atoms with Gasteiger partial charge in [0.15, 0.2) is 0 Å². The van der Waals surface area contributed by atoms with Crippen LogP contribution in [0.15, 0.2) is 48.5 Å². The molecule has 0 aromatic heterocycles. The van der Waals surface area contributed by atoms with Gasteiger partial charge in [-0.15, -0.1) is 0 Å². The Morgan fingerprint density at radius 1 is 1.00 bits per heavy atom. The molecule has 0 aliphatic carbocycles. The summed E-state index contributed by atoms with van der Waals surface area (Å²) in [6, 6.07) is 12.3. The predicted octanol–water partition coefficient (Wildman–Crippen LogP) is 3.80. The van der Waals surface area contributed by atoms with E-state index in [1.54, 1.807) is 34.1 Å². The van der Waals surface area contributed by atoms with Crippen molar-refractivity contribution in [2.24, 2.45) is 5.92 Å². The summed E-state index contributed by atoms with van der Waals surface area (Å²) >= 11 is 0. The molecule has 2 aromatic carbocycles. The zero-order valence-corrected chi connectivity index (χ0v) is 17.9. The zero-order valence-electron chi connectivity index (χ0n) is 17.9. The van der Waals surface area contributed by atoms with Crippen molar-refractivity contribution in [2.45, 2.75) is 26.7 Å². The van der Waals surface area contributed by atoms with Crippen LogP contribution in [0.25, 0.3) is 0 Å². The molecule has 1 N–H and O–H groups in total. The molecule has 3 amide bonds. The van der Waals surface area contributed by atoms with Crippen molar-refractivity contribution in [3.05, 3.63) is 65.5 Å². The zero-order chi connectivity index (χ0) is 22.4. The third-order valence-corrected chi connectivity index (χ3v) is 5.62. The first-order chi connectivity index (χ1) is 14.9. The van der Waals surface area contributed by atoms with E-state index in [0.717, 1.165) is 6.42 Å². The SMILES string of the molecule is CCN(CC)C(=O)c1ccc(NC(=O)C2CCCN(C(=O)c3ccc(F)cc3)C2)cc1. The molecule has 6 nitrogen and oxygen atoms in total. The van der Waals surface area contributed by atoms with E-state index in [1.165, 1.54) is 24.3 Å². The molecule has 1 saturated heterocycles. The molecular weight excluding hydrogens is 397 g/mol. The molecule has 1 aliphatic rings. The number of carbonyl (C=O) groups excluding carboxylic acids is 3. The molecule has 7 heteroatoms. The van der Waals surface area contributed by atoms with Gasteiger partial charge >= 0.3 is 0 Å². The summed E-state index contributed by atoms with van der Waals surface area (Å²) < 4.78 is 13.1. The van der Waals surface area contributed by atoms with Crippen molar-refractivity contribution in [3.63, 3.8) is 0 Å². The number of hydrogen-bond donors (Lipinski definition) is 1. The standard InChI is InChI=1S/C24H28FN3O3/c1-3-27(4-2)23(30)18-9-13-21(14-10-18)26-22(29)19-6-5-15-28(16-19)24(31)17-7-11-20(25)12-8-17/h7-14,19H,3-6,15-16H2,1-2H3,(H,26,29). The molecule has 1 atom stereocenters. The fourth-order valence-corrected chi connectivity index (χ4v) is 3.78. The van der Waals surface area contributed by atoms with Crippen LogP contribution in [0.1, 0.15) is 47.4 Å². The van der Waals surface area contributed by atoms with Crippen LogP contribution in [0.2, 0.25) is 0 Å². The highest BCUT2D eigenvalue weighted by atomic mass is 19.1. The summed E-state index contributed by atoms with van der Waals surface area (Å²) in [5, 5.41) is 2.89. The van der Waals surface area contributed by atoms with Crippen molar-refractivity contribution >= 4 is 23.4 Å². The van der Waals surface area contributed by atoms with E-state index in [4.69, 9.17) is 0 Å². The molecule has 31 heavy (non-hydrogen) atoms.